The Morgan fingerprint density at radius 1 is 0.893 bits per heavy atom. The van der Waals surface area contributed by atoms with E-state index in [4.69, 9.17) is 20.8 Å². The Morgan fingerprint density at radius 3 is 1.93 bits per heavy atom. The average molecular weight is 427 g/mol. The zero-order valence-electron chi connectivity index (χ0n) is 18.0. The molecule has 0 atom stereocenters. The van der Waals surface area contributed by atoms with E-state index in [0.29, 0.717) is 6.61 Å². The van der Waals surface area contributed by atoms with Gasteiger partial charge in [-0.15, -0.1) is 11.6 Å². The van der Waals surface area contributed by atoms with Crippen molar-refractivity contribution in [2.45, 2.75) is 77.4 Å². The van der Waals surface area contributed by atoms with E-state index in [1.807, 2.05) is 13.1 Å². The highest BCUT2D eigenvalue weighted by Crippen LogP contribution is 2.37. The van der Waals surface area contributed by atoms with Crippen LogP contribution in [0.15, 0.2) is 24.3 Å². The smallest absolute Gasteiger partial charge is 0.339 e. The number of rotatable bonds is 11. The second-order valence-corrected chi connectivity index (χ2v) is 13.7. The first kappa shape index (κ1) is 24.7. The van der Waals surface area contributed by atoms with Crippen LogP contribution in [-0.2, 0) is 9.16 Å². The number of alkyl halides is 1. The number of hydrogen-bond acceptors (Lipinski definition) is 4. The van der Waals surface area contributed by atoms with Crippen LogP contribution in [-0.4, -0.2) is 32.7 Å². The number of benzene rings is 1. The summed E-state index contributed by atoms with van der Waals surface area (Å²) >= 11 is 5.66. The summed E-state index contributed by atoms with van der Waals surface area (Å²) in [5, 5.41) is -0.0954. The Kier molecular flexibility index (Phi) is 10.2. The third-order valence-electron chi connectivity index (χ3n) is 5.28. The molecule has 0 aliphatic rings. The fourth-order valence-electron chi connectivity index (χ4n) is 2.43. The molecule has 0 N–H and O–H groups in total. The van der Waals surface area contributed by atoms with E-state index in [2.05, 4.69) is 20.8 Å². The molecule has 0 heterocycles. The minimum absolute atomic E-state index is 0.0954. The lowest BCUT2D eigenvalue weighted by Gasteiger charge is -2.35. The van der Waals surface area contributed by atoms with Crippen molar-refractivity contribution in [2.75, 3.05) is 12.5 Å². The van der Waals surface area contributed by atoms with Gasteiger partial charge in [0.25, 0.3) is 8.32 Å². The van der Waals surface area contributed by atoms with E-state index in [9.17, 15) is 9.59 Å². The number of unbranched alkanes of at least 4 members (excludes halogenated alkanes) is 5. The minimum Gasteiger partial charge on any atom is -0.516 e. The van der Waals surface area contributed by atoms with Crippen molar-refractivity contribution in [1.29, 1.82) is 0 Å². The van der Waals surface area contributed by atoms with Crippen LogP contribution in [0.3, 0.4) is 0 Å². The minimum atomic E-state index is -2.27. The zero-order chi connectivity index (χ0) is 21.2. The van der Waals surface area contributed by atoms with Crippen molar-refractivity contribution in [2.24, 2.45) is 0 Å². The van der Waals surface area contributed by atoms with Gasteiger partial charge in [0.15, 0.2) is 0 Å². The highest BCUT2D eigenvalue weighted by molar-refractivity contribution is 6.75. The van der Waals surface area contributed by atoms with E-state index in [0.717, 1.165) is 44.4 Å². The summed E-state index contributed by atoms with van der Waals surface area (Å²) in [5.74, 6) is -0.196. The van der Waals surface area contributed by atoms with Gasteiger partial charge in [-0.25, -0.2) is 9.59 Å². The molecule has 0 amide bonds. The Morgan fingerprint density at radius 2 is 1.39 bits per heavy atom. The van der Waals surface area contributed by atoms with Crippen molar-refractivity contribution in [1.82, 2.24) is 0 Å². The van der Waals surface area contributed by atoms with Crippen LogP contribution in [0.25, 0.3) is 0 Å². The van der Waals surface area contributed by atoms with E-state index in [-0.39, 0.29) is 16.2 Å². The van der Waals surface area contributed by atoms with Crippen molar-refractivity contribution < 1.29 is 18.8 Å². The molecule has 0 radical (unpaired) electrons. The number of esters is 1. The van der Waals surface area contributed by atoms with Gasteiger partial charge in [0.05, 0.1) is 17.7 Å². The second kappa shape index (κ2) is 11.6. The molecule has 1 aromatic carbocycles. The Hall–Kier alpha value is -1.33. The number of ether oxygens (including phenoxy) is 1. The van der Waals surface area contributed by atoms with Gasteiger partial charge in [-0.2, -0.15) is 0 Å². The molecule has 0 fully saturated rings. The lowest BCUT2D eigenvalue weighted by molar-refractivity contribution is 0.0488. The molecule has 0 aliphatic carbocycles. The van der Waals surface area contributed by atoms with E-state index >= 15 is 0 Å². The number of carbonyl (C=O) groups is 2. The summed E-state index contributed by atoms with van der Waals surface area (Å²) in [6, 6.07) is 6.72. The van der Waals surface area contributed by atoms with Gasteiger partial charge in [-0.3, -0.25) is 0 Å². The predicted octanol–water partition coefficient (Wildman–Crippen LogP) is 6.58. The molecule has 1 aromatic rings. The van der Waals surface area contributed by atoms with Gasteiger partial charge >= 0.3 is 11.9 Å². The number of carbonyl (C=O) groups excluding carboxylic acids is 2. The maximum Gasteiger partial charge on any atom is 0.339 e. The molecule has 0 saturated carbocycles. The van der Waals surface area contributed by atoms with Crippen LogP contribution in [0.1, 0.15) is 80.0 Å². The third kappa shape index (κ3) is 7.96. The quantitative estimate of drug-likeness (QED) is 0.173. The first-order chi connectivity index (χ1) is 13.1. The topological polar surface area (TPSA) is 52.6 Å². The van der Waals surface area contributed by atoms with Gasteiger partial charge in [-0.05, 0) is 43.1 Å². The Bertz CT molecular complexity index is 638. The molecule has 0 aromatic heterocycles. The Balaban J connectivity index is 2.60. The van der Waals surface area contributed by atoms with Crippen molar-refractivity contribution in [3.63, 3.8) is 0 Å². The molecule has 0 aliphatic heterocycles. The summed E-state index contributed by atoms with van der Waals surface area (Å²) in [6.07, 6.45) is 6.31. The molecular weight excluding hydrogens is 392 g/mol. The maximum atomic E-state index is 12.7. The van der Waals surface area contributed by atoms with Crippen molar-refractivity contribution in [3.8, 4) is 0 Å². The summed E-state index contributed by atoms with van der Waals surface area (Å²) in [4.78, 5) is 25.2. The molecular formula is C22H35ClO4Si. The average Bonchev–Trinajstić information content (AvgIpc) is 2.62. The van der Waals surface area contributed by atoms with Crippen LogP contribution in [0.2, 0.25) is 18.1 Å². The number of halogens is 1. The van der Waals surface area contributed by atoms with Gasteiger partial charge in [-0.1, -0.05) is 58.6 Å². The van der Waals surface area contributed by atoms with E-state index < -0.39 is 20.3 Å². The van der Waals surface area contributed by atoms with Crippen LogP contribution >= 0.6 is 11.6 Å². The van der Waals surface area contributed by atoms with Crippen LogP contribution in [0.4, 0.5) is 0 Å². The van der Waals surface area contributed by atoms with E-state index in [1.54, 1.807) is 24.3 Å². The highest BCUT2D eigenvalue weighted by Gasteiger charge is 2.41. The lowest BCUT2D eigenvalue weighted by Crippen LogP contribution is -2.42. The molecule has 4 nitrogen and oxygen atoms in total. The van der Waals surface area contributed by atoms with Gasteiger partial charge in [0.1, 0.15) is 0 Å². The van der Waals surface area contributed by atoms with Gasteiger partial charge < -0.3 is 9.16 Å². The van der Waals surface area contributed by atoms with E-state index in [1.165, 1.54) is 0 Å². The number of hydrogen-bond donors (Lipinski definition) is 0. The molecule has 0 spiro atoms. The molecule has 0 unspecified atom stereocenters. The summed E-state index contributed by atoms with van der Waals surface area (Å²) in [7, 11) is -2.27. The molecule has 1 rings (SSSR count). The third-order valence-corrected chi connectivity index (χ3v) is 9.86. The summed E-state index contributed by atoms with van der Waals surface area (Å²) in [6.45, 7) is 10.6. The van der Waals surface area contributed by atoms with Crippen LogP contribution in [0.5, 0.6) is 0 Å². The molecule has 0 bridgehead atoms. The fraction of sp³-hybridized carbons (Fsp3) is 0.636. The normalized spacial score (nSPS) is 11.9. The maximum absolute atomic E-state index is 12.7. The first-order valence-electron chi connectivity index (χ1n) is 10.2. The predicted molar refractivity (Wildman–Crippen MR) is 118 cm³/mol. The SMILES string of the molecule is CC(C)(C)[Si](C)(C)OC(=O)c1ccccc1C(=O)OCCCCCCCCCl. The van der Waals surface area contributed by atoms with Gasteiger partial charge in [0.2, 0.25) is 0 Å². The molecule has 158 valence electrons. The fourth-order valence-corrected chi connectivity index (χ4v) is 3.49. The first-order valence-corrected chi connectivity index (χ1v) is 13.6. The van der Waals surface area contributed by atoms with Crippen molar-refractivity contribution >= 4 is 31.9 Å². The molecule has 0 saturated heterocycles. The standard InChI is InChI=1S/C22H35ClO4Si/c1-22(2,3)28(4,5)27-21(25)19-15-11-10-14-18(19)20(24)26-17-13-9-7-6-8-12-16-23/h10-11,14-15H,6-9,12-13,16-17H2,1-5H3. The Labute approximate surface area is 176 Å². The highest BCUT2D eigenvalue weighted by atomic mass is 35.5. The monoisotopic (exact) mass is 426 g/mol. The zero-order valence-corrected chi connectivity index (χ0v) is 19.7. The molecule has 28 heavy (non-hydrogen) atoms. The van der Waals surface area contributed by atoms with Crippen LogP contribution < -0.4 is 0 Å². The largest absolute Gasteiger partial charge is 0.516 e. The van der Waals surface area contributed by atoms with Gasteiger partial charge in [0, 0.05) is 5.88 Å². The molecule has 6 heteroatoms. The summed E-state index contributed by atoms with van der Waals surface area (Å²) in [5.41, 5.74) is 0.548. The lowest BCUT2D eigenvalue weighted by atomic mass is 10.1. The summed E-state index contributed by atoms with van der Waals surface area (Å²) < 4.78 is 11.2. The van der Waals surface area contributed by atoms with Crippen LogP contribution in [0, 0.1) is 0 Å². The second-order valence-electron chi connectivity index (χ2n) is 8.64. The van der Waals surface area contributed by atoms with Crippen molar-refractivity contribution in [3.05, 3.63) is 35.4 Å².